The molecule has 2 amide bonds. The molecule has 0 radical (unpaired) electrons. The Morgan fingerprint density at radius 1 is 1.07 bits per heavy atom. The number of benzene rings is 2. The number of nitrogens with zero attached hydrogens (tertiary/aromatic N) is 1. The Morgan fingerprint density at radius 3 is 2.39 bits per heavy atom. The number of methoxy groups -OCH3 is 1. The Bertz CT molecular complexity index is 919. The highest BCUT2D eigenvalue weighted by atomic mass is 32.2. The third kappa shape index (κ3) is 4.80. The van der Waals surface area contributed by atoms with Crippen molar-refractivity contribution in [3.05, 3.63) is 70.1 Å². The van der Waals surface area contributed by atoms with Gasteiger partial charge in [0.15, 0.2) is 0 Å². The molecular formula is C21H19NO5S. The van der Waals surface area contributed by atoms with Gasteiger partial charge in [-0.15, -0.1) is 0 Å². The lowest BCUT2D eigenvalue weighted by atomic mass is 10.1. The number of imide groups is 1. The number of rotatable bonds is 6. The van der Waals surface area contributed by atoms with Gasteiger partial charge < -0.3 is 9.47 Å². The number of carbonyl (C=O) groups is 3. The van der Waals surface area contributed by atoms with E-state index in [2.05, 4.69) is 4.74 Å². The second kappa shape index (κ2) is 8.75. The van der Waals surface area contributed by atoms with E-state index in [-0.39, 0.29) is 11.4 Å². The van der Waals surface area contributed by atoms with E-state index in [0.717, 1.165) is 27.8 Å². The molecule has 1 aliphatic heterocycles. The lowest BCUT2D eigenvalue weighted by Gasteiger charge is -2.09. The molecule has 28 heavy (non-hydrogen) atoms. The summed E-state index contributed by atoms with van der Waals surface area (Å²) in [5.74, 6) is -0.435. The van der Waals surface area contributed by atoms with Crippen LogP contribution < -0.4 is 4.74 Å². The highest BCUT2D eigenvalue weighted by molar-refractivity contribution is 8.18. The molecule has 0 aliphatic carbocycles. The van der Waals surface area contributed by atoms with Crippen molar-refractivity contribution in [2.45, 2.75) is 13.5 Å². The molecule has 0 bridgehead atoms. The third-order valence-corrected chi connectivity index (χ3v) is 5.00. The predicted molar refractivity (Wildman–Crippen MR) is 107 cm³/mol. The van der Waals surface area contributed by atoms with Crippen molar-refractivity contribution in [3.63, 3.8) is 0 Å². The molecule has 1 fully saturated rings. The topological polar surface area (TPSA) is 72.9 Å². The van der Waals surface area contributed by atoms with Crippen molar-refractivity contribution in [3.8, 4) is 5.75 Å². The summed E-state index contributed by atoms with van der Waals surface area (Å²) in [6.07, 6.45) is 1.62. The fraction of sp³-hybridized carbons (Fsp3) is 0.190. The molecule has 3 rings (SSSR count). The fourth-order valence-electron chi connectivity index (χ4n) is 2.49. The summed E-state index contributed by atoms with van der Waals surface area (Å²) in [6, 6.07) is 15.3. The first kappa shape index (κ1) is 19.7. The van der Waals surface area contributed by atoms with E-state index < -0.39 is 17.1 Å². The molecule has 0 atom stereocenters. The zero-order valence-electron chi connectivity index (χ0n) is 15.5. The molecule has 7 heteroatoms. The SMILES string of the molecule is COC(=O)CN1C(=O)SC(=Cc2ccc(OCc3ccc(C)cc3)cc2)C1=O. The van der Waals surface area contributed by atoms with Gasteiger partial charge >= 0.3 is 5.97 Å². The summed E-state index contributed by atoms with van der Waals surface area (Å²) in [7, 11) is 1.21. The fourth-order valence-corrected chi connectivity index (χ4v) is 3.33. The molecule has 0 N–H and O–H groups in total. The van der Waals surface area contributed by atoms with Crippen molar-refractivity contribution in [2.75, 3.05) is 13.7 Å². The Morgan fingerprint density at radius 2 is 1.75 bits per heavy atom. The van der Waals surface area contributed by atoms with Crippen LogP contribution in [0.2, 0.25) is 0 Å². The van der Waals surface area contributed by atoms with Gasteiger partial charge in [0.25, 0.3) is 11.1 Å². The average molecular weight is 397 g/mol. The molecule has 2 aromatic rings. The summed E-state index contributed by atoms with van der Waals surface area (Å²) in [6.45, 7) is 2.11. The molecule has 144 valence electrons. The van der Waals surface area contributed by atoms with Crippen LogP contribution in [-0.4, -0.2) is 35.7 Å². The summed E-state index contributed by atoms with van der Waals surface area (Å²) in [4.78, 5) is 36.7. The average Bonchev–Trinajstić information content (AvgIpc) is 2.96. The van der Waals surface area contributed by atoms with Crippen LogP contribution in [0.3, 0.4) is 0 Å². The molecule has 6 nitrogen and oxygen atoms in total. The van der Waals surface area contributed by atoms with Gasteiger partial charge in [0.1, 0.15) is 18.9 Å². The van der Waals surface area contributed by atoms with E-state index in [1.165, 1.54) is 12.7 Å². The van der Waals surface area contributed by atoms with Crippen LogP contribution in [0, 0.1) is 6.92 Å². The summed E-state index contributed by atoms with van der Waals surface area (Å²) >= 11 is 0.801. The molecule has 1 aliphatic rings. The van der Waals surface area contributed by atoms with Crippen LogP contribution in [0.25, 0.3) is 6.08 Å². The van der Waals surface area contributed by atoms with E-state index in [4.69, 9.17) is 4.74 Å². The number of amides is 2. The van der Waals surface area contributed by atoms with Crippen molar-refractivity contribution < 1.29 is 23.9 Å². The van der Waals surface area contributed by atoms with Crippen LogP contribution in [0.5, 0.6) is 5.75 Å². The minimum absolute atomic E-state index is 0.266. The van der Waals surface area contributed by atoms with Crippen LogP contribution in [0.1, 0.15) is 16.7 Å². The standard InChI is InChI=1S/C21H19NO5S/c1-14-3-5-16(6-4-14)13-27-17-9-7-15(8-10-17)11-18-20(24)22(21(25)28-18)12-19(23)26-2/h3-11H,12-13H2,1-2H3. The van der Waals surface area contributed by atoms with Crippen molar-refractivity contribution >= 4 is 35.0 Å². The summed E-state index contributed by atoms with van der Waals surface area (Å²) in [5.41, 5.74) is 3.03. The third-order valence-electron chi connectivity index (χ3n) is 4.09. The Labute approximate surface area is 167 Å². The first-order valence-electron chi connectivity index (χ1n) is 8.57. The van der Waals surface area contributed by atoms with Gasteiger partial charge in [-0.3, -0.25) is 19.3 Å². The predicted octanol–water partition coefficient (Wildman–Crippen LogP) is 3.78. The number of carbonyl (C=O) groups excluding carboxylic acids is 3. The van der Waals surface area contributed by atoms with E-state index in [1.807, 2.05) is 31.2 Å². The van der Waals surface area contributed by atoms with Crippen molar-refractivity contribution in [1.29, 1.82) is 0 Å². The number of hydrogen-bond acceptors (Lipinski definition) is 6. The second-order valence-electron chi connectivity index (χ2n) is 6.19. The first-order chi connectivity index (χ1) is 13.5. The minimum Gasteiger partial charge on any atom is -0.489 e. The monoisotopic (exact) mass is 397 g/mol. The Hall–Kier alpha value is -3.06. The lowest BCUT2D eigenvalue weighted by Crippen LogP contribution is -2.34. The van der Waals surface area contributed by atoms with Crippen LogP contribution >= 0.6 is 11.8 Å². The minimum atomic E-state index is -0.640. The lowest BCUT2D eigenvalue weighted by molar-refractivity contribution is -0.143. The molecule has 0 unspecified atom stereocenters. The summed E-state index contributed by atoms with van der Waals surface area (Å²) < 4.78 is 10.3. The molecule has 0 aromatic heterocycles. The van der Waals surface area contributed by atoms with Gasteiger partial charge in [-0.05, 0) is 48.0 Å². The molecule has 1 heterocycles. The molecular weight excluding hydrogens is 378 g/mol. The zero-order valence-corrected chi connectivity index (χ0v) is 16.3. The highest BCUT2D eigenvalue weighted by Crippen LogP contribution is 2.32. The maximum absolute atomic E-state index is 12.3. The number of aryl methyl sites for hydroxylation is 1. The molecule has 0 spiro atoms. The number of ether oxygens (including phenoxy) is 2. The maximum Gasteiger partial charge on any atom is 0.325 e. The molecule has 1 saturated heterocycles. The second-order valence-corrected chi connectivity index (χ2v) is 7.18. The van der Waals surface area contributed by atoms with E-state index in [9.17, 15) is 14.4 Å². The van der Waals surface area contributed by atoms with Crippen LogP contribution in [0.4, 0.5) is 4.79 Å². The molecule has 0 saturated carbocycles. The van der Waals surface area contributed by atoms with Gasteiger partial charge in [0, 0.05) is 0 Å². The van der Waals surface area contributed by atoms with Gasteiger partial charge in [0.05, 0.1) is 12.0 Å². The quantitative estimate of drug-likeness (QED) is 0.546. The van der Waals surface area contributed by atoms with Crippen molar-refractivity contribution in [1.82, 2.24) is 4.90 Å². The van der Waals surface area contributed by atoms with Crippen molar-refractivity contribution in [2.24, 2.45) is 0 Å². The number of thioether (sulfide) groups is 1. The van der Waals surface area contributed by atoms with Gasteiger partial charge in [-0.2, -0.15) is 0 Å². The smallest absolute Gasteiger partial charge is 0.325 e. The Kier molecular flexibility index (Phi) is 6.16. The van der Waals surface area contributed by atoms with E-state index in [0.29, 0.717) is 12.4 Å². The number of esters is 1. The van der Waals surface area contributed by atoms with E-state index in [1.54, 1.807) is 30.3 Å². The van der Waals surface area contributed by atoms with Gasteiger partial charge in [-0.1, -0.05) is 42.0 Å². The first-order valence-corrected chi connectivity index (χ1v) is 9.38. The van der Waals surface area contributed by atoms with E-state index >= 15 is 0 Å². The molecule has 2 aromatic carbocycles. The zero-order chi connectivity index (χ0) is 20.1. The van der Waals surface area contributed by atoms with Crippen LogP contribution in [0.15, 0.2) is 53.4 Å². The van der Waals surface area contributed by atoms with Crippen LogP contribution in [-0.2, 0) is 20.9 Å². The van der Waals surface area contributed by atoms with Gasteiger partial charge in [0.2, 0.25) is 0 Å². The maximum atomic E-state index is 12.3. The highest BCUT2D eigenvalue weighted by Gasteiger charge is 2.36. The normalized spacial score (nSPS) is 15.2. The largest absolute Gasteiger partial charge is 0.489 e. The number of hydrogen-bond donors (Lipinski definition) is 0. The Balaban J connectivity index is 1.63. The summed E-state index contributed by atoms with van der Waals surface area (Å²) in [5, 5.41) is -0.486. The van der Waals surface area contributed by atoms with Gasteiger partial charge in [-0.25, -0.2) is 0 Å².